The molecule has 4 aromatic heterocycles. The largest absolute Gasteiger partial charge is 0.472 e. The number of anilines is 2. The molecule has 26 nitrogen and oxygen atoms in total. The fourth-order valence-corrected chi connectivity index (χ4v) is 7.86. The lowest BCUT2D eigenvalue weighted by atomic mass is 10.1. The highest BCUT2D eigenvalue weighted by molar-refractivity contribution is 7.47. The van der Waals surface area contributed by atoms with Gasteiger partial charge >= 0.3 is 27.3 Å². The van der Waals surface area contributed by atoms with Crippen LogP contribution in [0.3, 0.4) is 0 Å². The molecule has 1 amide bonds. The predicted octanol–water partition coefficient (Wildman–Crippen LogP) is -1.28. The third kappa shape index (κ3) is 10.7. The highest BCUT2D eigenvalue weighted by Gasteiger charge is 2.52. The van der Waals surface area contributed by atoms with E-state index in [1.165, 1.54) is 47.4 Å². The monoisotopic (exact) mass is 896 g/mol. The lowest BCUT2D eigenvalue weighted by Gasteiger charge is -2.29. The van der Waals surface area contributed by atoms with Gasteiger partial charge in [0.25, 0.3) is 0 Å². The van der Waals surface area contributed by atoms with Gasteiger partial charge in [-0.2, -0.15) is 4.98 Å². The second-order valence-electron chi connectivity index (χ2n) is 13.7. The summed E-state index contributed by atoms with van der Waals surface area (Å²) >= 11 is 0. The Morgan fingerprint density at radius 1 is 1.02 bits per heavy atom. The molecule has 5 unspecified atom stereocenters. The van der Waals surface area contributed by atoms with Crippen LogP contribution in [0, 0.1) is 0 Å². The van der Waals surface area contributed by atoms with E-state index >= 15 is 0 Å². The number of fused-ring (bicyclic) bond motifs is 1. The molecule has 0 bridgehead atoms. The average molecular weight is 897 g/mol. The van der Waals surface area contributed by atoms with Crippen molar-refractivity contribution in [3.05, 3.63) is 78.1 Å². The SMILES string of the molecule is C=CCCC(=O)N(C)[C@H](Cc1cccnc1)C(=O)OC1C(COP(=O)(O)O[C@H]2[C@@H](O)[C@H](n3ccc(N)nc3=O)O[C@@H]2COP(=O)(O)O)OC(n2cnc3c(N)ncnc32)C1O. The first-order chi connectivity index (χ1) is 28.9. The summed E-state index contributed by atoms with van der Waals surface area (Å²) in [6, 6.07) is 3.20. The van der Waals surface area contributed by atoms with E-state index in [1.54, 1.807) is 12.1 Å². The number of amides is 1. The molecule has 330 valence electrons. The number of carbonyl (C=O) groups is 2. The van der Waals surface area contributed by atoms with Crippen molar-refractivity contribution in [2.24, 2.45) is 0 Å². The molecule has 4 aromatic rings. The first kappa shape index (κ1) is 45.4. The molecule has 0 saturated carbocycles. The van der Waals surface area contributed by atoms with Crippen molar-refractivity contribution < 1.29 is 71.4 Å². The molecule has 0 spiro atoms. The van der Waals surface area contributed by atoms with Gasteiger partial charge in [0.2, 0.25) is 5.91 Å². The highest BCUT2D eigenvalue weighted by Crippen LogP contribution is 2.50. The normalized spacial score (nSPS) is 25.5. The number of aliphatic hydroxyl groups is 2. The van der Waals surface area contributed by atoms with E-state index in [9.17, 15) is 48.4 Å². The summed E-state index contributed by atoms with van der Waals surface area (Å²) in [4.78, 5) is 90.4. The van der Waals surface area contributed by atoms with Gasteiger partial charge in [0.1, 0.15) is 54.2 Å². The minimum absolute atomic E-state index is 0.0103. The summed E-state index contributed by atoms with van der Waals surface area (Å²) in [6.45, 7) is 1.63. The topological polar surface area (TPSA) is 371 Å². The summed E-state index contributed by atoms with van der Waals surface area (Å²) < 4.78 is 59.6. The molecular weight excluding hydrogens is 854 g/mol. The molecule has 2 fully saturated rings. The summed E-state index contributed by atoms with van der Waals surface area (Å²) in [5.74, 6) is -1.65. The van der Waals surface area contributed by atoms with Crippen molar-refractivity contribution in [2.75, 3.05) is 31.7 Å². The van der Waals surface area contributed by atoms with E-state index in [4.69, 9.17) is 34.7 Å². The number of phosphoric acid groups is 2. The summed E-state index contributed by atoms with van der Waals surface area (Å²) in [7, 11) is -9.20. The van der Waals surface area contributed by atoms with Crippen LogP contribution in [-0.2, 0) is 52.9 Å². The number of likely N-dealkylation sites (N-methyl/N-ethyl adjacent to an activating group) is 1. The van der Waals surface area contributed by atoms with Crippen molar-refractivity contribution in [1.82, 2.24) is 39.0 Å². The van der Waals surface area contributed by atoms with E-state index in [0.717, 1.165) is 17.1 Å². The summed E-state index contributed by atoms with van der Waals surface area (Å²) in [6.07, 6.45) is -5.66. The molecule has 10 atom stereocenters. The standard InChI is InChI=1S/C33H42N10O16P2/c1-3-4-7-22(44)41(2)18(11-17-6-5-9-36-12-17)32(47)58-26-19(56-31(24(26)45)43-16-39-23-28(35)37-15-38-29(23)43)14-55-61(52,53)59-27-20(13-54-60(49,50)51)57-30(25(27)46)42-10-8-21(34)40-33(42)48/h3,5-6,8-10,12,15-16,18-20,24-27,30-31,45-46H,1,4,7,11,13-14H2,2H3,(H,52,53)(H2,34,40,48)(H2,35,37,38)(H2,49,50,51)/t18-,19?,20-,24?,25-,26?,27-,30-,31?/m1/s1. The number of hydrogen-bond donors (Lipinski definition) is 7. The molecule has 9 N–H and O–H groups in total. The summed E-state index contributed by atoms with van der Waals surface area (Å²) in [5.41, 5.74) is 11.2. The molecule has 6 rings (SSSR count). The minimum Gasteiger partial charge on any atom is -0.455 e. The van der Waals surface area contributed by atoms with Crippen LogP contribution < -0.4 is 17.2 Å². The third-order valence-electron chi connectivity index (χ3n) is 9.57. The number of nitrogen functional groups attached to an aromatic ring is 2. The van der Waals surface area contributed by atoms with Gasteiger partial charge in [0, 0.05) is 38.5 Å². The van der Waals surface area contributed by atoms with Crippen LogP contribution in [0.15, 0.2) is 66.9 Å². The molecule has 6 heterocycles. The number of rotatable bonds is 18. The Morgan fingerprint density at radius 3 is 2.38 bits per heavy atom. The maximum atomic E-state index is 14.1. The van der Waals surface area contributed by atoms with E-state index < -0.39 is 102 Å². The Hall–Kier alpha value is -5.08. The van der Waals surface area contributed by atoms with E-state index in [1.807, 2.05) is 0 Å². The molecular formula is C33H42N10O16P2. The van der Waals surface area contributed by atoms with Crippen LogP contribution >= 0.6 is 15.6 Å². The number of hydrogen-bond acceptors (Lipinski definition) is 20. The van der Waals surface area contributed by atoms with Gasteiger partial charge < -0.3 is 55.5 Å². The molecule has 2 aliphatic heterocycles. The molecule has 28 heteroatoms. The number of ether oxygens (including phenoxy) is 3. The van der Waals surface area contributed by atoms with Crippen LogP contribution in [0.5, 0.6) is 0 Å². The van der Waals surface area contributed by atoms with Crippen molar-refractivity contribution >= 4 is 50.3 Å². The van der Waals surface area contributed by atoms with Gasteiger partial charge in [-0.25, -0.2) is 33.7 Å². The number of phosphoric ester groups is 2. The lowest BCUT2D eigenvalue weighted by Crippen LogP contribution is -2.48. The zero-order valence-corrected chi connectivity index (χ0v) is 33.8. The zero-order chi connectivity index (χ0) is 44.2. The molecule has 2 saturated heterocycles. The van der Waals surface area contributed by atoms with Crippen molar-refractivity contribution in [3.8, 4) is 0 Å². The van der Waals surface area contributed by atoms with Crippen molar-refractivity contribution in [2.45, 2.75) is 74.4 Å². The van der Waals surface area contributed by atoms with Gasteiger partial charge in [0.15, 0.2) is 30.0 Å². The van der Waals surface area contributed by atoms with Crippen molar-refractivity contribution in [3.63, 3.8) is 0 Å². The number of aliphatic hydroxyl groups excluding tert-OH is 2. The van der Waals surface area contributed by atoms with Crippen LogP contribution in [0.4, 0.5) is 11.6 Å². The zero-order valence-electron chi connectivity index (χ0n) is 32.0. The van der Waals surface area contributed by atoms with Crippen LogP contribution in [-0.4, -0.2) is 139 Å². The highest BCUT2D eigenvalue weighted by atomic mass is 31.2. The lowest BCUT2D eigenvalue weighted by molar-refractivity contribution is -0.165. The number of esters is 1. The maximum Gasteiger partial charge on any atom is 0.472 e. The molecule has 0 aromatic carbocycles. The smallest absolute Gasteiger partial charge is 0.455 e. The Balaban J connectivity index is 1.27. The average Bonchev–Trinajstić information content (AvgIpc) is 3.87. The number of nitrogens with zero attached hydrogens (tertiary/aromatic N) is 8. The van der Waals surface area contributed by atoms with Crippen LogP contribution in [0.25, 0.3) is 11.2 Å². The first-order valence-corrected chi connectivity index (χ1v) is 21.2. The van der Waals surface area contributed by atoms with Crippen LogP contribution in [0.1, 0.15) is 30.9 Å². The Bertz CT molecular complexity index is 2370. The number of nitrogens with two attached hydrogens (primary N) is 2. The Kier molecular flexibility index (Phi) is 14.1. The van der Waals surface area contributed by atoms with Crippen LogP contribution in [0.2, 0.25) is 0 Å². The second kappa shape index (κ2) is 18.9. The summed E-state index contributed by atoms with van der Waals surface area (Å²) in [5, 5.41) is 22.9. The number of pyridine rings is 1. The van der Waals surface area contributed by atoms with E-state index in [2.05, 4.69) is 36.0 Å². The van der Waals surface area contributed by atoms with Gasteiger partial charge in [-0.05, 0) is 24.1 Å². The van der Waals surface area contributed by atoms with Gasteiger partial charge in [-0.15, -0.1) is 6.58 Å². The molecule has 2 aliphatic rings. The Labute approximate surface area is 344 Å². The van der Waals surface area contributed by atoms with E-state index in [0.29, 0.717) is 12.0 Å². The number of carbonyl (C=O) groups excluding carboxylic acids is 2. The number of imidazole rings is 1. The maximum absolute atomic E-state index is 14.1. The fourth-order valence-electron chi connectivity index (χ4n) is 6.55. The first-order valence-electron chi connectivity index (χ1n) is 18.1. The van der Waals surface area contributed by atoms with Gasteiger partial charge in [0.05, 0.1) is 19.5 Å². The second-order valence-corrected chi connectivity index (χ2v) is 16.3. The Morgan fingerprint density at radius 2 is 1.70 bits per heavy atom. The fraction of sp³-hybridized carbons (Fsp3) is 0.455. The predicted molar refractivity (Wildman–Crippen MR) is 205 cm³/mol. The molecule has 0 radical (unpaired) electrons. The molecule has 61 heavy (non-hydrogen) atoms. The third-order valence-corrected chi connectivity index (χ3v) is 11.0. The quantitative estimate of drug-likeness (QED) is 0.0347. The van der Waals surface area contributed by atoms with Gasteiger partial charge in [-0.3, -0.25) is 32.5 Å². The minimum atomic E-state index is -5.42. The number of allylic oxidation sites excluding steroid dienone is 1. The van der Waals surface area contributed by atoms with Gasteiger partial charge in [-0.1, -0.05) is 12.1 Å². The van der Waals surface area contributed by atoms with Crippen molar-refractivity contribution in [1.29, 1.82) is 0 Å². The molecule has 0 aliphatic carbocycles. The van der Waals surface area contributed by atoms with E-state index in [-0.39, 0.29) is 35.6 Å². The number of aromatic nitrogens is 7.